The highest BCUT2D eigenvalue weighted by atomic mass is 19.1. The number of rotatable bonds is 7. The molecule has 13 heteroatoms. The van der Waals surface area contributed by atoms with Crippen molar-refractivity contribution in [2.24, 2.45) is 16.0 Å². The standard InChI is InChI=1S/C14H18FN9O3/c1-6-7(9(16)25)10(26)24(11(27)8(6)23-18-3)5-4-19-14-21-12(15)20-13(17-2)22-14/h26H,4-5H2,1-3H3,(H2,16,25)(H2,17,19,20,21,22). The number of halogens is 1. The monoisotopic (exact) mass is 379 g/mol. The van der Waals surface area contributed by atoms with Crippen LogP contribution in [0, 0.1) is 13.0 Å². The molecule has 0 saturated carbocycles. The van der Waals surface area contributed by atoms with Gasteiger partial charge in [-0.2, -0.15) is 29.6 Å². The number of nitrogens with two attached hydrogens (primary N) is 1. The number of carbonyl (C=O) groups excluding carboxylic acids is 1. The molecule has 12 nitrogen and oxygen atoms in total. The molecule has 27 heavy (non-hydrogen) atoms. The molecule has 144 valence electrons. The summed E-state index contributed by atoms with van der Waals surface area (Å²) < 4.78 is 14.2. The molecule has 5 N–H and O–H groups in total. The molecule has 0 spiro atoms. The lowest BCUT2D eigenvalue weighted by molar-refractivity contribution is 0.0995. The fraction of sp³-hybridized carbons (Fsp3) is 0.357. The minimum absolute atomic E-state index is 0.0157. The van der Waals surface area contributed by atoms with Crippen LogP contribution in [-0.2, 0) is 6.54 Å². The molecule has 0 aliphatic heterocycles. The predicted octanol–water partition coefficient (Wildman–Crippen LogP) is 0.153. The van der Waals surface area contributed by atoms with Gasteiger partial charge in [-0.3, -0.25) is 14.2 Å². The Morgan fingerprint density at radius 2 is 2.00 bits per heavy atom. The van der Waals surface area contributed by atoms with E-state index in [9.17, 15) is 19.1 Å². The predicted molar refractivity (Wildman–Crippen MR) is 93.9 cm³/mol. The van der Waals surface area contributed by atoms with Gasteiger partial charge in [0.05, 0.1) is 0 Å². The van der Waals surface area contributed by atoms with Crippen molar-refractivity contribution in [1.29, 1.82) is 0 Å². The van der Waals surface area contributed by atoms with E-state index in [1.165, 1.54) is 21.0 Å². The van der Waals surface area contributed by atoms with Crippen molar-refractivity contribution in [3.05, 3.63) is 27.6 Å². The highest BCUT2D eigenvalue weighted by Gasteiger charge is 2.22. The number of primary amides is 1. The molecule has 0 bridgehead atoms. The van der Waals surface area contributed by atoms with Crippen molar-refractivity contribution in [3.8, 4) is 5.88 Å². The molecule has 0 saturated heterocycles. The summed E-state index contributed by atoms with van der Waals surface area (Å²) in [5, 5.41) is 22.8. The number of amides is 1. The number of aromatic hydroxyl groups is 1. The third kappa shape index (κ3) is 4.13. The van der Waals surface area contributed by atoms with Crippen LogP contribution < -0.4 is 21.9 Å². The number of hydrogen-bond acceptors (Lipinski definition) is 10. The van der Waals surface area contributed by atoms with Crippen molar-refractivity contribution in [2.75, 3.05) is 31.3 Å². The number of hydrogen-bond donors (Lipinski definition) is 4. The highest BCUT2D eigenvalue weighted by Crippen LogP contribution is 2.25. The Hall–Kier alpha value is -3.64. The second-order valence-electron chi connectivity index (χ2n) is 5.22. The summed E-state index contributed by atoms with van der Waals surface area (Å²) in [5.74, 6) is -1.57. The molecule has 2 heterocycles. The van der Waals surface area contributed by atoms with Crippen molar-refractivity contribution in [1.82, 2.24) is 19.5 Å². The molecule has 0 radical (unpaired) electrons. The molecule has 0 aromatic carbocycles. The summed E-state index contributed by atoms with van der Waals surface area (Å²) in [6.45, 7) is 1.34. The van der Waals surface area contributed by atoms with Crippen LogP contribution in [0.5, 0.6) is 5.88 Å². The summed E-state index contributed by atoms with van der Waals surface area (Å²) in [7, 11) is 2.87. The topological polar surface area (TPSA) is 173 Å². The lowest BCUT2D eigenvalue weighted by atomic mass is 10.1. The smallest absolute Gasteiger partial charge is 0.315 e. The van der Waals surface area contributed by atoms with E-state index in [-0.39, 0.29) is 41.8 Å². The van der Waals surface area contributed by atoms with Crippen molar-refractivity contribution < 1.29 is 14.3 Å². The number of carbonyl (C=O) groups is 1. The molecule has 0 aliphatic carbocycles. The molecular formula is C14H18FN9O3. The van der Waals surface area contributed by atoms with Gasteiger partial charge in [0.15, 0.2) is 5.69 Å². The molecule has 2 aromatic rings. The maximum Gasteiger partial charge on any atom is 0.315 e. The number of anilines is 2. The fourth-order valence-electron chi connectivity index (χ4n) is 2.35. The van der Waals surface area contributed by atoms with E-state index >= 15 is 0 Å². The quantitative estimate of drug-likeness (QED) is 0.492. The van der Waals surface area contributed by atoms with Gasteiger partial charge in [-0.25, -0.2) is 0 Å². The zero-order valence-electron chi connectivity index (χ0n) is 14.8. The van der Waals surface area contributed by atoms with Crippen molar-refractivity contribution in [3.63, 3.8) is 0 Å². The largest absolute Gasteiger partial charge is 0.494 e. The first-order chi connectivity index (χ1) is 12.8. The van der Waals surface area contributed by atoms with Crippen LogP contribution in [0.3, 0.4) is 0 Å². The third-order valence-electron chi connectivity index (χ3n) is 3.55. The first-order valence-corrected chi connectivity index (χ1v) is 7.69. The summed E-state index contributed by atoms with van der Waals surface area (Å²) in [4.78, 5) is 35.0. The summed E-state index contributed by atoms with van der Waals surface area (Å²) in [6.07, 6.45) is -0.992. The minimum Gasteiger partial charge on any atom is -0.494 e. The Bertz CT molecular complexity index is 958. The lowest BCUT2D eigenvalue weighted by Crippen LogP contribution is -2.28. The van der Waals surface area contributed by atoms with E-state index in [2.05, 4.69) is 35.8 Å². The molecule has 0 unspecified atom stereocenters. The van der Waals surface area contributed by atoms with E-state index in [1.807, 2.05) is 0 Å². The Morgan fingerprint density at radius 3 is 2.59 bits per heavy atom. The van der Waals surface area contributed by atoms with Gasteiger partial charge in [-0.05, 0) is 6.92 Å². The third-order valence-corrected chi connectivity index (χ3v) is 3.55. The van der Waals surface area contributed by atoms with Gasteiger partial charge < -0.3 is 21.5 Å². The molecule has 0 aliphatic rings. The molecule has 1 amide bonds. The van der Waals surface area contributed by atoms with Gasteiger partial charge in [0, 0.05) is 32.7 Å². The zero-order chi connectivity index (χ0) is 20.1. The summed E-state index contributed by atoms with van der Waals surface area (Å²) in [5.41, 5.74) is 4.39. The van der Waals surface area contributed by atoms with Crippen molar-refractivity contribution >= 4 is 23.5 Å². The average Bonchev–Trinajstić information content (AvgIpc) is 2.60. The number of nitrogens with zero attached hydrogens (tertiary/aromatic N) is 6. The number of nitrogens with one attached hydrogen (secondary N) is 2. The first-order valence-electron chi connectivity index (χ1n) is 7.69. The number of azo groups is 1. The van der Waals surface area contributed by atoms with E-state index in [0.717, 1.165) is 4.57 Å². The van der Waals surface area contributed by atoms with Crippen LogP contribution in [0.1, 0.15) is 15.9 Å². The average molecular weight is 379 g/mol. The van der Waals surface area contributed by atoms with Crippen LogP contribution in [0.15, 0.2) is 15.0 Å². The second-order valence-corrected chi connectivity index (χ2v) is 5.22. The Labute approximate surface area is 152 Å². The van der Waals surface area contributed by atoms with Crippen molar-refractivity contribution in [2.45, 2.75) is 13.5 Å². The van der Waals surface area contributed by atoms with E-state index < -0.39 is 23.4 Å². The van der Waals surface area contributed by atoms with Gasteiger partial charge in [0.2, 0.25) is 17.8 Å². The Balaban J connectivity index is 2.35. The first kappa shape index (κ1) is 19.7. The number of pyridine rings is 1. The summed E-state index contributed by atoms with van der Waals surface area (Å²) >= 11 is 0. The summed E-state index contributed by atoms with van der Waals surface area (Å²) in [6, 6.07) is 0. The maximum absolute atomic E-state index is 13.3. The van der Waals surface area contributed by atoms with Gasteiger partial charge in [0.1, 0.15) is 5.56 Å². The molecule has 2 aromatic heterocycles. The lowest BCUT2D eigenvalue weighted by Gasteiger charge is -2.15. The van der Waals surface area contributed by atoms with E-state index in [0.29, 0.717) is 0 Å². The van der Waals surface area contributed by atoms with E-state index in [4.69, 9.17) is 5.73 Å². The molecular weight excluding hydrogens is 361 g/mol. The van der Waals surface area contributed by atoms with Gasteiger partial charge >= 0.3 is 6.08 Å². The SMILES string of the molecule is CN=Nc1c(C)c(C(N)=O)c(O)n(CCNc2nc(F)nc(NC)n2)c1=O. The van der Waals surface area contributed by atoms with Crippen LogP contribution in [-0.4, -0.2) is 51.2 Å². The molecule has 0 fully saturated rings. The zero-order valence-corrected chi connectivity index (χ0v) is 14.8. The van der Waals surface area contributed by atoms with Crippen LogP contribution in [0.2, 0.25) is 0 Å². The van der Waals surface area contributed by atoms with Gasteiger partial charge in [-0.15, -0.1) is 0 Å². The normalized spacial score (nSPS) is 11.0. The maximum atomic E-state index is 13.3. The Morgan fingerprint density at radius 1 is 1.33 bits per heavy atom. The molecule has 0 atom stereocenters. The second kappa shape index (κ2) is 8.16. The van der Waals surface area contributed by atoms with Crippen LogP contribution in [0.4, 0.5) is 22.0 Å². The van der Waals surface area contributed by atoms with Gasteiger partial charge in [0.25, 0.3) is 11.5 Å². The number of aromatic nitrogens is 4. The molecule has 2 rings (SSSR count). The minimum atomic E-state index is -0.992. The van der Waals surface area contributed by atoms with E-state index in [1.54, 1.807) is 0 Å². The van der Waals surface area contributed by atoms with Crippen LogP contribution in [0.25, 0.3) is 0 Å². The Kier molecular flexibility index (Phi) is 5.95. The van der Waals surface area contributed by atoms with Gasteiger partial charge in [-0.1, -0.05) is 0 Å². The van der Waals surface area contributed by atoms with Crippen LogP contribution >= 0.6 is 0 Å². The fourth-order valence-corrected chi connectivity index (χ4v) is 2.35. The highest BCUT2D eigenvalue weighted by molar-refractivity contribution is 5.97.